The summed E-state index contributed by atoms with van der Waals surface area (Å²) in [5.74, 6) is 0.516. The van der Waals surface area contributed by atoms with Crippen LogP contribution >= 0.6 is 11.6 Å². The molecule has 0 saturated carbocycles. The van der Waals surface area contributed by atoms with Crippen molar-refractivity contribution in [2.45, 2.75) is 32.7 Å². The fraction of sp³-hybridized carbons (Fsp3) is 0.500. The normalized spacial score (nSPS) is 15.7. The average Bonchev–Trinajstić information content (AvgIpc) is 2.16. The SMILES string of the molecule is CC(C)c1cc2c(cc1Cl)CNCC2. The molecule has 2 heteroatoms. The highest BCUT2D eigenvalue weighted by Gasteiger charge is 2.13. The molecule has 1 aliphatic rings. The minimum absolute atomic E-state index is 0.516. The molecule has 0 aliphatic carbocycles. The van der Waals surface area contributed by atoms with Gasteiger partial charge >= 0.3 is 0 Å². The number of hydrogen-bond donors (Lipinski definition) is 1. The summed E-state index contributed by atoms with van der Waals surface area (Å²) in [6.45, 7) is 6.43. The Balaban J connectivity index is 2.45. The van der Waals surface area contributed by atoms with Crippen molar-refractivity contribution in [2.24, 2.45) is 0 Å². The lowest BCUT2D eigenvalue weighted by molar-refractivity contribution is 0.642. The standard InChI is InChI=1S/C12H16ClN/c1-8(2)11-5-9-3-4-14-7-10(9)6-12(11)13/h5-6,8,14H,3-4,7H2,1-2H3. The second-order valence-corrected chi connectivity index (χ2v) is 4.63. The summed E-state index contributed by atoms with van der Waals surface area (Å²) in [6, 6.07) is 4.40. The predicted molar refractivity (Wildman–Crippen MR) is 61.0 cm³/mol. The van der Waals surface area contributed by atoms with Gasteiger partial charge in [-0.05, 0) is 41.6 Å². The molecule has 1 aromatic carbocycles. The van der Waals surface area contributed by atoms with Crippen LogP contribution in [0.5, 0.6) is 0 Å². The third-order valence-electron chi connectivity index (χ3n) is 2.83. The summed E-state index contributed by atoms with van der Waals surface area (Å²) in [7, 11) is 0. The monoisotopic (exact) mass is 209 g/mol. The summed E-state index contributed by atoms with van der Waals surface area (Å²) in [6.07, 6.45) is 1.13. The molecule has 1 aliphatic heterocycles. The Hall–Kier alpha value is -0.530. The molecule has 0 unspecified atom stereocenters. The molecular weight excluding hydrogens is 194 g/mol. The van der Waals surface area contributed by atoms with E-state index in [1.807, 2.05) is 0 Å². The summed E-state index contributed by atoms with van der Waals surface area (Å²) in [5, 5.41) is 4.28. The van der Waals surface area contributed by atoms with E-state index in [-0.39, 0.29) is 0 Å². The van der Waals surface area contributed by atoms with E-state index in [1.54, 1.807) is 0 Å². The number of hydrogen-bond acceptors (Lipinski definition) is 1. The van der Waals surface area contributed by atoms with Gasteiger partial charge in [0.05, 0.1) is 0 Å². The van der Waals surface area contributed by atoms with E-state index in [2.05, 4.69) is 31.3 Å². The van der Waals surface area contributed by atoms with Crippen LogP contribution in [0.3, 0.4) is 0 Å². The fourth-order valence-corrected chi connectivity index (χ4v) is 2.37. The molecular formula is C12H16ClN. The molecule has 0 bridgehead atoms. The van der Waals surface area contributed by atoms with Gasteiger partial charge in [0, 0.05) is 11.6 Å². The molecule has 1 heterocycles. The number of benzene rings is 1. The van der Waals surface area contributed by atoms with Crippen molar-refractivity contribution in [1.82, 2.24) is 5.32 Å². The first-order valence-electron chi connectivity index (χ1n) is 5.20. The lowest BCUT2D eigenvalue weighted by Crippen LogP contribution is -2.23. The van der Waals surface area contributed by atoms with Gasteiger partial charge in [0.15, 0.2) is 0 Å². The highest BCUT2D eigenvalue weighted by atomic mass is 35.5. The van der Waals surface area contributed by atoms with Crippen LogP contribution in [0.4, 0.5) is 0 Å². The predicted octanol–water partition coefficient (Wildman–Crippen LogP) is 3.11. The van der Waals surface area contributed by atoms with Gasteiger partial charge in [0.25, 0.3) is 0 Å². The Labute approximate surface area is 90.5 Å². The van der Waals surface area contributed by atoms with Gasteiger partial charge in [0.2, 0.25) is 0 Å². The third-order valence-corrected chi connectivity index (χ3v) is 3.15. The van der Waals surface area contributed by atoms with Crippen molar-refractivity contribution in [3.05, 3.63) is 33.8 Å². The number of nitrogens with one attached hydrogen (secondary N) is 1. The number of fused-ring (bicyclic) bond motifs is 1. The van der Waals surface area contributed by atoms with Gasteiger partial charge in [-0.2, -0.15) is 0 Å². The van der Waals surface area contributed by atoms with E-state index < -0.39 is 0 Å². The van der Waals surface area contributed by atoms with E-state index >= 15 is 0 Å². The Morgan fingerprint density at radius 1 is 1.29 bits per heavy atom. The van der Waals surface area contributed by atoms with E-state index in [1.165, 1.54) is 16.7 Å². The van der Waals surface area contributed by atoms with Crippen LogP contribution < -0.4 is 5.32 Å². The molecule has 0 amide bonds. The molecule has 1 N–H and O–H groups in total. The third kappa shape index (κ3) is 1.79. The lowest BCUT2D eigenvalue weighted by atomic mass is 9.94. The largest absolute Gasteiger partial charge is 0.312 e. The topological polar surface area (TPSA) is 12.0 Å². The number of halogens is 1. The van der Waals surface area contributed by atoms with Crippen LogP contribution in [-0.4, -0.2) is 6.54 Å². The molecule has 0 fully saturated rings. The summed E-state index contributed by atoms with van der Waals surface area (Å²) in [5.41, 5.74) is 4.12. The van der Waals surface area contributed by atoms with Crippen LogP contribution in [-0.2, 0) is 13.0 Å². The van der Waals surface area contributed by atoms with Gasteiger partial charge in [0.1, 0.15) is 0 Å². The molecule has 2 rings (SSSR count). The zero-order valence-corrected chi connectivity index (χ0v) is 9.49. The molecule has 1 aromatic rings. The Kier molecular flexibility index (Phi) is 2.80. The first-order chi connectivity index (χ1) is 6.68. The molecule has 0 atom stereocenters. The molecule has 0 aromatic heterocycles. The zero-order valence-electron chi connectivity index (χ0n) is 8.73. The quantitative estimate of drug-likeness (QED) is 0.750. The average molecular weight is 210 g/mol. The fourth-order valence-electron chi connectivity index (χ4n) is 1.96. The van der Waals surface area contributed by atoms with Gasteiger partial charge in [-0.15, -0.1) is 0 Å². The first kappa shape index (κ1) is 10.0. The van der Waals surface area contributed by atoms with Crippen molar-refractivity contribution in [3.63, 3.8) is 0 Å². The maximum Gasteiger partial charge on any atom is 0.0444 e. The van der Waals surface area contributed by atoms with E-state index in [4.69, 9.17) is 11.6 Å². The smallest absolute Gasteiger partial charge is 0.0444 e. The van der Waals surface area contributed by atoms with E-state index in [9.17, 15) is 0 Å². The van der Waals surface area contributed by atoms with Crippen molar-refractivity contribution in [1.29, 1.82) is 0 Å². The van der Waals surface area contributed by atoms with E-state index in [0.29, 0.717) is 5.92 Å². The van der Waals surface area contributed by atoms with Gasteiger partial charge in [-0.25, -0.2) is 0 Å². The van der Waals surface area contributed by atoms with Crippen LogP contribution in [0, 0.1) is 0 Å². The Bertz CT molecular complexity index is 344. The molecule has 0 saturated heterocycles. The Morgan fingerprint density at radius 3 is 2.79 bits per heavy atom. The lowest BCUT2D eigenvalue weighted by Gasteiger charge is -2.20. The highest BCUT2D eigenvalue weighted by molar-refractivity contribution is 6.31. The van der Waals surface area contributed by atoms with Gasteiger partial charge in [-0.1, -0.05) is 31.5 Å². The maximum atomic E-state index is 6.23. The van der Waals surface area contributed by atoms with Gasteiger partial charge < -0.3 is 5.32 Å². The molecule has 76 valence electrons. The van der Waals surface area contributed by atoms with Crippen LogP contribution in [0.25, 0.3) is 0 Å². The van der Waals surface area contributed by atoms with Crippen molar-refractivity contribution < 1.29 is 0 Å². The summed E-state index contributed by atoms with van der Waals surface area (Å²) in [4.78, 5) is 0. The summed E-state index contributed by atoms with van der Waals surface area (Å²) >= 11 is 6.23. The summed E-state index contributed by atoms with van der Waals surface area (Å²) < 4.78 is 0. The van der Waals surface area contributed by atoms with Crippen molar-refractivity contribution >= 4 is 11.6 Å². The van der Waals surface area contributed by atoms with Crippen molar-refractivity contribution in [2.75, 3.05) is 6.54 Å². The van der Waals surface area contributed by atoms with Crippen molar-refractivity contribution in [3.8, 4) is 0 Å². The molecule has 1 nitrogen and oxygen atoms in total. The number of rotatable bonds is 1. The first-order valence-corrected chi connectivity index (χ1v) is 5.58. The van der Waals surface area contributed by atoms with Crippen LogP contribution in [0.1, 0.15) is 36.5 Å². The van der Waals surface area contributed by atoms with Crippen LogP contribution in [0.2, 0.25) is 5.02 Å². The minimum atomic E-state index is 0.516. The highest BCUT2D eigenvalue weighted by Crippen LogP contribution is 2.28. The maximum absolute atomic E-state index is 6.23. The molecule has 0 radical (unpaired) electrons. The minimum Gasteiger partial charge on any atom is -0.312 e. The zero-order chi connectivity index (χ0) is 10.1. The second kappa shape index (κ2) is 3.92. The second-order valence-electron chi connectivity index (χ2n) is 4.22. The molecule has 14 heavy (non-hydrogen) atoms. The molecule has 0 spiro atoms. The Morgan fingerprint density at radius 2 is 2.07 bits per heavy atom. The van der Waals surface area contributed by atoms with Crippen LogP contribution in [0.15, 0.2) is 12.1 Å². The van der Waals surface area contributed by atoms with E-state index in [0.717, 1.165) is 24.5 Å². The van der Waals surface area contributed by atoms with Gasteiger partial charge in [-0.3, -0.25) is 0 Å².